The van der Waals surface area contributed by atoms with Crippen molar-refractivity contribution in [2.45, 2.75) is 84.5 Å². The topological polar surface area (TPSA) is 63.7 Å². The minimum Gasteiger partial charge on any atom is -0.494 e. The minimum atomic E-state index is -0.467. The number of nitrogens with zero attached hydrogens (tertiary/aromatic N) is 2. The van der Waals surface area contributed by atoms with Gasteiger partial charge in [-0.15, -0.1) is 0 Å². The highest BCUT2D eigenvalue weighted by molar-refractivity contribution is 5.68. The van der Waals surface area contributed by atoms with Crippen LogP contribution in [-0.2, 0) is 11.3 Å². The molecular formula is C27H39N3O3. The van der Waals surface area contributed by atoms with Crippen molar-refractivity contribution in [3.05, 3.63) is 47.8 Å². The van der Waals surface area contributed by atoms with Crippen LogP contribution in [0.1, 0.15) is 64.6 Å². The Morgan fingerprint density at radius 1 is 1.12 bits per heavy atom. The number of benzene rings is 1. The Morgan fingerprint density at radius 2 is 1.82 bits per heavy atom. The van der Waals surface area contributed by atoms with Crippen LogP contribution in [0.3, 0.4) is 0 Å². The van der Waals surface area contributed by atoms with Crippen LogP contribution in [0.25, 0.3) is 11.1 Å². The highest BCUT2D eigenvalue weighted by Gasteiger charge is 2.29. The third kappa shape index (κ3) is 7.19. The van der Waals surface area contributed by atoms with Gasteiger partial charge in [-0.3, -0.25) is 4.98 Å². The standard InChI is InChI=1S/C27H39N3O3/c1-7-32-25-15-10-20(21-9-8-19(2)28-17-21)16-22(25)18-29-23-11-13-24(14-12-23)30(6)26(31)33-27(3,4)5/h8-10,15-17,23-24,29H,7,11-14,18H2,1-6H3/t23-,24-. The van der Waals surface area contributed by atoms with Crippen molar-refractivity contribution in [1.29, 1.82) is 0 Å². The van der Waals surface area contributed by atoms with Gasteiger partial charge in [-0.25, -0.2) is 4.79 Å². The number of pyridine rings is 1. The summed E-state index contributed by atoms with van der Waals surface area (Å²) in [5.74, 6) is 0.923. The number of carbonyl (C=O) groups excluding carboxylic acids is 1. The van der Waals surface area contributed by atoms with E-state index < -0.39 is 5.60 Å². The first-order valence-corrected chi connectivity index (χ1v) is 12.0. The van der Waals surface area contributed by atoms with E-state index >= 15 is 0 Å². The number of carbonyl (C=O) groups is 1. The zero-order valence-corrected chi connectivity index (χ0v) is 21.0. The second kappa shape index (κ2) is 11.0. The van der Waals surface area contributed by atoms with Crippen LogP contribution in [-0.4, -0.2) is 47.3 Å². The van der Waals surface area contributed by atoms with Crippen LogP contribution in [0.2, 0.25) is 0 Å². The number of aryl methyl sites for hydroxylation is 1. The van der Waals surface area contributed by atoms with Crippen molar-refractivity contribution < 1.29 is 14.3 Å². The summed E-state index contributed by atoms with van der Waals surface area (Å²) in [7, 11) is 1.85. The van der Waals surface area contributed by atoms with Gasteiger partial charge in [0.15, 0.2) is 0 Å². The molecule has 1 N–H and O–H groups in total. The summed E-state index contributed by atoms with van der Waals surface area (Å²) in [6, 6.07) is 11.2. The van der Waals surface area contributed by atoms with Gasteiger partial charge in [0.25, 0.3) is 0 Å². The molecule has 6 heteroatoms. The van der Waals surface area contributed by atoms with Crippen molar-refractivity contribution >= 4 is 6.09 Å². The van der Waals surface area contributed by atoms with Crippen molar-refractivity contribution in [2.24, 2.45) is 0 Å². The summed E-state index contributed by atoms with van der Waals surface area (Å²) in [6.07, 6.45) is 5.70. The summed E-state index contributed by atoms with van der Waals surface area (Å²) >= 11 is 0. The number of rotatable bonds is 7. The Labute approximate surface area is 198 Å². The predicted molar refractivity (Wildman–Crippen MR) is 132 cm³/mol. The lowest BCUT2D eigenvalue weighted by molar-refractivity contribution is 0.0179. The van der Waals surface area contributed by atoms with Gasteiger partial charge < -0.3 is 19.7 Å². The van der Waals surface area contributed by atoms with Crippen LogP contribution in [0.15, 0.2) is 36.5 Å². The first kappa shape index (κ1) is 25.0. The summed E-state index contributed by atoms with van der Waals surface area (Å²) in [5, 5.41) is 3.72. The van der Waals surface area contributed by atoms with E-state index in [0.717, 1.165) is 60.4 Å². The van der Waals surface area contributed by atoms with E-state index in [1.54, 1.807) is 4.90 Å². The van der Waals surface area contributed by atoms with E-state index in [-0.39, 0.29) is 12.1 Å². The highest BCUT2D eigenvalue weighted by atomic mass is 16.6. The molecule has 0 aliphatic heterocycles. The van der Waals surface area contributed by atoms with Gasteiger partial charge in [0, 0.05) is 48.7 Å². The number of ether oxygens (including phenoxy) is 2. The fraction of sp³-hybridized carbons (Fsp3) is 0.556. The van der Waals surface area contributed by atoms with Crippen LogP contribution in [0.4, 0.5) is 4.79 Å². The predicted octanol–water partition coefficient (Wildman–Crippen LogP) is 5.72. The molecule has 1 heterocycles. The maximum absolute atomic E-state index is 12.4. The normalized spacial score (nSPS) is 18.6. The lowest BCUT2D eigenvalue weighted by Gasteiger charge is -2.36. The van der Waals surface area contributed by atoms with Gasteiger partial charge in [-0.05, 0) is 84.1 Å². The third-order valence-corrected chi connectivity index (χ3v) is 6.11. The molecule has 6 nitrogen and oxygen atoms in total. The molecule has 1 aromatic heterocycles. The molecule has 180 valence electrons. The number of aromatic nitrogens is 1. The van der Waals surface area contributed by atoms with Gasteiger partial charge in [0.2, 0.25) is 0 Å². The first-order valence-electron chi connectivity index (χ1n) is 12.0. The molecule has 0 atom stereocenters. The molecule has 1 amide bonds. The largest absolute Gasteiger partial charge is 0.494 e. The van der Waals surface area contributed by atoms with E-state index in [4.69, 9.17) is 9.47 Å². The Hall–Kier alpha value is -2.60. The fourth-order valence-electron chi connectivity index (χ4n) is 4.24. The average molecular weight is 454 g/mol. The van der Waals surface area contributed by atoms with Crippen LogP contribution >= 0.6 is 0 Å². The van der Waals surface area contributed by atoms with Crippen LogP contribution in [0, 0.1) is 6.92 Å². The number of nitrogens with one attached hydrogen (secondary N) is 1. The summed E-state index contributed by atoms with van der Waals surface area (Å²) in [4.78, 5) is 18.6. The molecule has 0 bridgehead atoms. The number of amides is 1. The third-order valence-electron chi connectivity index (χ3n) is 6.11. The van der Waals surface area contributed by atoms with Gasteiger partial charge in [0.05, 0.1) is 6.61 Å². The van der Waals surface area contributed by atoms with Gasteiger partial charge in [0.1, 0.15) is 11.4 Å². The minimum absolute atomic E-state index is 0.231. The molecule has 1 fully saturated rings. The smallest absolute Gasteiger partial charge is 0.410 e. The number of hydrogen-bond donors (Lipinski definition) is 1. The summed E-state index contributed by atoms with van der Waals surface area (Å²) in [6.45, 7) is 11.1. The molecule has 2 aromatic rings. The zero-order valence-electron chi connectivity index (χ0n) is 21.0. The zero-order chi connectivity index (χ0) is 24.0. The van der Waals surface area contributed by atoms with E-state index in [9.17, 15) is 4.79 Å². The van der Waals surface area contributed by atoms with E-state index in [0.29, 0.717) is 12.6 Å². The molecule has 1 aliphatic rings. The Morgan fingerprint density at radius 3 is 2.42 bits per heavy atom. The fourth-order valence-corrected chi connectivity index (χ4v) is 4.24. The second-order valence-corrected chi connectivity index (χ2v) is 9.92. The summed E-state index contributed by atoms with van der Waals surface area (Å²) < 4.78 is 11.4. The van der Waals surface area contributed by atoms with Gasteiger partial charge in [-0.2, -0.15) is 0 Å². The van der Waals surface area contributed by atoms with E-state index in [1.165, 1.54) is 0 Å². The maximum Gasteiger partial charge on any atom is 0.410 e. The van der Waals surface area contributed by atoms with Crippen molar-refractivity contribution in [3.63, 3.8) is 0 Å². The molecule has 33 heavy (non-hydrogen) atoms. The highest BCUT2D eigenvalue weighted by Crippen LogP contribution is 2.28. The molecule has 1 saturated carbocycles. The lowest BCUT2D eigenvalue weighted by Crippen LogP contribution is -2.44. The van der Waals surface area contributed by atoms with Gasteiger partial charge >= 0.3 is 6.09 Å². The van der Waals surface area contributed by atoms with Crippen LogP contribution < -0.4 is 10.1 Å². The van der Waals surface area contributed by atoms with E-state index in [1.807, 2.05) is 53.9 Å². The quantitative estimate of drug-likeness (QED) is 0.581. The molecule has 1 aromatic carbocycles. The Bertz CT molecular complexity index is 913. The molecule has 1 aliphatic carbocycles. The molecular weight excluding hydrogens is 414 g/mol. The Balaban J connectivity index is 1.59. The molecule has 0 spiro atoms. The maximum atomic E-state index is 12.4. The van der Waals surface area contributed by atoms with Crippen LogP contribution in [0.5, 0.6) is 5.75 Å². The van der Waals surface area contributed by atoms with E-state index in [2.05, 4.69) is 34.6 Å². The molecule has 0 unspecified atom stereocenters. The van der Waals surface area contributed by atoms with Crippen molar-refractivity contribution in [2.75, 3.05) is 13.7 Å². The first-order chi connectivity index (χ1) is 15.7. The molecule has 3 rings (SSSR count). The second-order valence-electron chi connectivity index (χ2n) is 9.92. The molecule has 0 radical (unpaired) electrons. The average Bonchev–Trinajstić information content (AvgIpc) is 2.78. The Kier molecular flexibility index (Phi) is 8.35. The van der Waals surface area contributed by atoms with Crippen molar-refractivity contribution in [1.82, 2.24) is 15.2 Å². The monoisotopic (exact) mass is 453 g/mol. The number of hydrogen-bond acceptors (Lipinski definition) is 5. The molecule has 0 saturated heterocycles. The summed E-state index contributed by atoms with van der Waals surface area (Å²) in [5.41, 5.74) is 3.95. The van der Waals surface area contributed by atoms with Gasteiger partial charge in [-0.1, -0.05) is 12.1 Å². The lowest BCUT2D eigenvalue weighted by atomic mass is 9.90. The van der Waals surface area contributed by atoms with Crippen molar-refractivity contribution in [3.8, 4) is 16.9 Å². The SMILES string of the molecule is CCOc1ccc(-c2ccc(C)nc2)cc1CN[C@H]1CC[C@H](N(C)C(=O)OC(C)(C)C)CC1.